The highest BCUT2D eigenvalue weighted by Crippen LogP contribution is 2.21. The van der Waals surface area contributed by atoms with Gasteiger partial charge in [0.2, 0.25) is 17.7 Å². The van der Waals surface area contributed by atoms with Gasteiger partial charge < -0.3 is 30.9 Å². The van der Waals surface area contributed by atoms with Crippen LogP contribution in [0.4, 0.5) is 4.39 Å². The lowest BCUT2D eigenvalue weighted by atomic mass is 9.89. The molecule has 308 valence electrons. The number of rotatable bonds is 19. The lowest BCUT2D eigenvalue weighted by Gasteiger charge is -2.32. The van der Waals surface area contributed by atoms with E-state index in [1.165, 1.54) is 6.92 Å². The molecule has 2 rings (SSSR count). The van der Waals surface area contributed by atoms with Crippen molar-refractivity contribution in [3.8, 4) is 6.07 Å². The lowest BCUT2D eigenvalue weighted by molar-refractivity contribution is -0.140. The van der Waals surface area contributed by atoms with E-state index < -0.39 is 72.1 Å². The van der Waals surface area contributed by atoms with Crippen LogP contribution >= 0.6 is 0 Å². The second-order valence-electron chi connectivity index (χ2n) is 14.4. The smallest absolute Gasteiger partial charge is 0.317 e. The summed E-state index contributed by atoms with van der Waals surface area (Å²) in [5, 5.41) is 42.4. The van der Waals surface area contributed by atoms with Gasteiger partial charge in [0.05, 0.1) is 45.3 Å². The number of aliphatic carboxylic acids is 3. The number of halogens is 1. The van der Waals surface area contributed by atoms with Crippen molar-refractivity contribution >= 4 is 47.2 Å². The molecule has 19 nitrogen and oxygen atoms in total. The van der Waals surface area contributed by atoms with Crippen LogP contribution in [0.1, 0.15) is 46.5 Å². The van der Waals surface area contributed by atoms with Gasteiger partial charge in [0.1, 0.15) is 24.0 Å². The Morgan fingerprint density at radius 3 is 1.60 bits per heavy atom. The Morgan fingerprint density at radius 2 is 1.18 bits per heavy atom. The summed E-state index contributed by atoms with van der Waals surface area (Å²) in [5.41, 5.74) is 0. The maximum absolute atomic E-state index is 13.8. The summed E-state index contributed by atoms with van der Waals surface area (Å²) in [5.74, 6) is -6.92. The fraction of sp³-hybridized carbons (Fsp3) is 0.743. The zero-order valence-corrected chi connectivity index (χ0v) is 31.8. The molecule has 55 heavy (non-hydrogen) atoms. The number of ketones is 2. The van der Waals surface area contributed by atoms with Gasteiger partial charge in [0.15, 0.2) is 5.78 Å². The Labute approximate surface area is 319 Å². The van der Waals surface area contributed by atoms with E-state index in [9.17, 15) is 63.3 Å². The maximum Gasteiger partial charge on any atom is 0.317 e. The largest absolute Gasteiger partial charge is 0.480 e. The summed E-state index contributed by atoms with van der Waals surface area (Å²) in [7, 11) is 0. The summed E-state index contributed by atoms with van der Waals surface area (Å²) < 4.78 is 13.8. The fourth-order valence-electron chi connectivity index (χ4n) is 6.38. The molecule has 20 heteroatoms. The van der Waals surface area contributed by atoms with Gasteiger partial charge in [-0.2, -0.15) is 5.26 Å². The van der Waals surface area contributed by atoms with Gasteiger partial charge in [-0.1, -0.05) is 13.8 Å². The van der Waals surface area contributed by atoms with Crippen molar-refractivity contribution in [3.05, 3.63) is 0 Å². The number of alkyl halides is 1. The molecule has 0 bridgehead atoms. The molecule has 3 amide bonds. The third-order valence-electron chi connectivity index (χ3n) is 9.52. The minimum absolute atomic E-state index is 0.103. The Balaban J connectivity index is 1.91. The molecule has 2 fully saturated rings. The molecule has 2 heterocycles. The Kier molecular flexibility index (Phi) is 19.8. The Bertz CT molecular complexity index is 1390. The number of likely N-dealkylation sites (tertiary alicyclic amines) is 1. The van der Waals surface area contributed by atoms with Crippen molar-refractivity contribution in [3.63, 3.8) is 0 Å². The molecule has 0 saturated carbocycles. The van der Waals surface area contributed by atoms with E-state index in [2.05, 4.69) is 10.6 Å². The molecule has 0 aromatic rings. The van der Waals surface area contributed by atoms with Crippen molar-refractivity contribution in [1.82, 2.24) is 35.1 Å². The minimum atomic E-state index is -1.34. The molecule has 0 radical (unpaired) electrons. The van der Waals surface area contributed by atoms with Crippen LogP contribution in [-0.4, -0.2) is 197 Å². The third-order valence-corrected chi connectivity index (χ3v) is 9.52. The van der Waals surface area contributed by atoms with Crippen molar-refractivity contribution < 1.29 is 58.1 Å². The second kappa shape index (κ2) is 23.4. The van der Waals surface area contributed by atoms with Crippen molar-refractivity contribution in [2.75, 3.05) is 91.6 Å². The van der Waals surface area contributed by atoms with Gasteiger partial charge >= 0.3 is 17.9 Å². The number of amides is 3. The van der Waals surface area contributed by atoms with E-state index in [1.807, 2.05) is 6.07 Å². The highest BCUT2D eigenvalue weighted by Gasteiger charge is 2.38. The van der Waals surface area contributed by atoms with Crippen LogP contribution in [0.15, 0.2) is 0 Å². The number of nitrogens with one attached hydrogen (secondary N) is 2. The van der Waals surface area contributed by atoms with Gasteiger partial charge in [0, 0.05) is 84.0 Å². The van der Waals surface area contributed by atoms with E-state index in [-0.39, 0.29) is 122 Å². The van der Waals surface area contributed by atoms with Crippen LogP contribution in [-0.2, 0) is 38.4 Å². The highest BCUT2D eigenvalue weighted by molar-refractivity contribution is 5.93. The van der Waals surface area contributed by atoms with Gasteiger partial charge in [-0.25, -0.2) is 4.39 Å². The second-order valence-corrected chi connectivity index (χ2v) is 14.4. The molecule has 4 atom stereocenters. The number of nitriles is 1. The van der Waals surface area contributed by atoms with Crippen molar-refractivity contribution in [1.29, 1.82) is 5.26 Å². The van der Waals surface area contributed by atoms with Gasteiger partial charge in [-0.05, 0) is 12.8 Å². The minimum Gasteiger partial charge on any atom is -0.480 e. The van der Waals surface area contributed by atoms with Crippen molar-refractivity contribution in [2.45, 2.75) is 64.7 Å². The molecule has 0 unspecified atom stereocenters. The van der Waals surface area contributed by atoms with Gasteiger partial charge in [0.25, 0.3) is 0 Å². The lowest BCUT2D eigenvalue weighted by Crippen LogP contribution is -2.50. The first-order valence-electron chi connectivity index (χ1n) is 18.4. The summed E-state index contributed by atoms with van der Waals surface area (Å²) >= 11 is 0. The van der Waals surface area contributed by atoms with Crippen LogP contribution in [0.3, 0.4) is 0 Å². The van der Waals surface area contributed by atoms with Crippen LogP contribution in [0.25, 0.3) is 0 Å². The molecular weight excluding hydrogens is 727 g/mol. The third kappa shape index (κ3) is 17.6. The van der Waals surface area contributed by atoms with Crippen LogP contribution < -0.4 is 10.6 Å². The summed E-state index contributed by atoms with van der Waals surface area (Å²) in [6.45, 7) is 5.06. The molecule has 0 spiro atoms. The zero-order valence-electron chi connectivity index (χ0n) is 31.8. The highest BCUT2D eigenvalue weighted by atomic mass is 19.1. The summed E-state index contributed by atoms with van der Waals surface area (Å²) in [4.78, 5) is 106. The summed E-state index contributed by atoms with van der Waals surface area (Å²) in [6.07, 6.45) is -2.09. The van der Waals surface area contributed by atoms with E-state index >= 15 is 0 Å². The number of hydrogen-bond donors (Lipinski definition) is 5. The topological polar surface area (TPSA) is 261 Å². The SMILES string of the molecule is CC(C)[C@H](CC(=O)CNC(=O)CCC(=O)CN1CCN(CC(=O)O)CCN(CC(=O)O)CCN(CC(=O)O)CC1)C(=O)N[C@H](C)C(=O)N1C[C@@H](F)C[C@H]1C#N. The number of Topliss-reactive ketones (excluding diaryl/α,β-unsaturated/α-hetero) is 2. The number of carbonyl (C=O) groups excluding carboxylic acids is 5. The first-order valence-corrected chi connectivity index (χ1v) is 18.4. The standard InChI is InChI=1S/C35H55FN8O11/c1-23(2)29(34(54)39-24(3)35(55)44-18-25(36)14-26(44)16-37)15-28(46)17-38-30(47)5-4-27(45)19-40-6-8-41(20-31(48)49)10-12-43(22-33(52)53)13-11-42(9-7-40)21-32(50)51/h23-26,29H,4-15,17-22H2,1-3H3,(H,38,47)(H,39,54)(H,48,49)(H,50,51)(H,52,53)/t24-,25+,26+,29+/m1/s1. The quantitative estimate of drug-likeness (QED) is 0.0961. The average Bonchev–Trinajstić information content (AvgIpc) is 3.48. The molecule has 0 aliphatic carbocycles. The van der Waals surface area contributed by atoms with Crippen LogP contribution in [0, 0.1) is 23.2 Å². The molecule has 2 saturated heterocycles. The van der Waals surface area contributed by atoms with Crippen LogP contribution in [0.2, 0.25) is 0 Å². The van der Waals surface area contributed by atoms with E-state index in [0.29, 0.717) is 0 Å². The predicted molar refractivity (Wildman–Crippen MR) is 192 cm³/mol. The van der Waals surface area contributed by atoms with Crippen molar-refractivity contribution in [2.24, 2.45) is 11.8 Å². The first-order chi connectivity index (χ1) is 25.9. The van der Waals surface area contributed by atoms with E-state index in [0.717, 1.165) is 4.90 Å². The molecule has 2 aliphatic heterocycles. The number of nitrogens with zero attached hydrogens (tertiary/aromatic N) is 6. The van der Waals surface area contributed by atoms with Gasteiger partial charge in [-0.3, -0.25) is 58.0 Å². The number of carboxylic acids is 3. The van der Waals surface area contributed by atoms with Gasteiger partial charge in [-0.15, -0.1) is 0 Å². The normalized spacial score (nSPS) is 20.7. The van der Waals surface area contributed by atoms with E-state index in [1.54, 1.807) is 33.4 Å². The Morgan fingerprint density at radius 1 is 0.727 bits per heavy atom. The molecule has 0 aromatic carbocycles. The molecule has 2 aliphatic rings. The first kappa shape index (κ1) is 46.6. The Hall–Kier alpha value is -4.58. The maximum atomic E-state index is 13.8. The average molecular weight is 783 g/mol. The number of hydrogen-bond acceptors (Lipinski definition) is 13. The van der Waals surface area contributed by atoms with Crippen LogP contribution in [0.5, 0.6) is 0 Å². The molecule has 0 aromatic heterocycles. The number of carboxylic acid groups (broad SMARTS) is 3. The predicted octanol–water partition coefficient (Wildman–Crippen LogP) is -1.87. The fourth-order valence-corrected chi connectivity index (χ4v) is 6.38. The zero-order chi connectivity index (χ0) is 41.2. The monoisotopic (exact) mass is 782 g/mol. The number of carbonyl (C=O) groups is 8. The summed E-state index contributed by atoms with van der Waals surface area (Å²) in [6, 6.07) is -0.103. The molecular formula is C35H55FN8O11. The molecule has 5 N–H and O–H groups in total. The van der Waals surface area contributed by atoms with E-state index in [4.69, 9.17) is 0 Å².